The Morgan fingerprint density at radius 2 is 1.92 bits per heavy atom. The van der Waals surface area contributed by atoms with Crippen LogP contribution in [0.25, 0.3) is 0 Å². The molecule has 1 aromatic heterocycles. The van der Waals surface area contributed by atoms with Crippen molar-refractivity contribution in [2.45, 2.75) is 26.4 Å². The van der Waals surface area contributed by atoms with Crippen molar-refractivity contribution < 1.29 is 9.32 Å². The number of carbonyl (C=O) groups is 1. The SMILES string of the molecule is Cc1nc(CN2CCCN(CC(=O)NCc3ccccc3)CC2)no1. The molecular formula is C18H25N5O2. The quantitative estimate of drug-likeness (QED) is 0.850. The zero-order chi connectivity index (χ0) is 17.5. The van der Waals surface area contributed by atoms with Crippen LogP contribution in [0.15, 0.2) is 34.9 Å². The first-order valence-electron chi connectivity index (χ1n) is 8.73. The highest BCUT2D eigenvalue weighted by molar-refractivity contribution is 5.78. The molecule has 0 unspecified atom stereocenters. The molecule has 0 spiro atoms. The molecule has 134 valence electrons. The van der Waals surface area contributed by atoms with Gasteiger partial charge in [-0.05, 0) is 25.1 Å². The molecule has 0 saturated carbocycles. The van der Waals surface area contributed by atoms with E-state index in [9.17, 15) is 4.79 Å². The zero-order valence-corrected chi connectivity index (χ0v) is 14.6. The normalized spacial score (nSPS) is 16.5. The van der Waals surface area contributed by atoms with Gasteiger partial charge in [0.15, 0.2) is 5.82 Å². The lowest BCUT2D eigenvalue weighted by Crippen LogP contribution is -2.39. The summed E-state index contributed by atoms with van der Waals surface area (Å²) in [5.41, 5.74) is 1.12. The topological polar surface area (TPSA) is 74.5 Å². The maximum atomic E-state index is 12.2. The van der Waals surface area contributed by atoms with Crippen LogP contribution in [0.2, 0.25) is 0 Å². The van der Waals surface area contributed by atoms with Gasteiger partial charge >= 0.3 is 0 Å². The average Bonchev–Trinajstić information content (AvgIpc) is 2.90. The lowest BCUT2D eigenvalue weighted by molar-refractivity contribution is -0.122. The van der Waals surface area contributed by atoms with Crippen LogP contribution in [-0.2, 0) is 17.9 Å². The number of benzene rings is 1. The Morgan fingerprint density at radius 3 is 2.68 bits per heavy atom. The van der Waals surface area contributed by atoms with E-state index in [1.54, 1.807) is 6.92 Å². The Morgan fingerprint density at radius 1 is 1.16 bits per heavy atom. The first kappa shape index (κ1) is 17.6. The second-order valence-corrected chi connectivity index (χ2v) is 6.40. The van der Waals surface area contributed by atoms with Crippen molar-refractivity contribution >= 4 is 5.91 Å². The lowest BCUT2D eigenvalue weighted by atomic mass is 10.2. The van der Waals surface area contributed by atoms with Gasteiger partial charge in [-0.3, -0.25) is 14.6 Å². The predicted molar refractivity (Wildman–Crippen MR) is 93.7 cm³/mol. The van der Waals surface area contributed by atoms with Crippen molar-refractivity contribution in [1.82, 2.24) is 25.3 Å². The maximum Gasteiger partial charge on any atom is 0.234 e. The molecule has 7 nitrogen and oxygen atoms in total. The Bertz CT molecular complexity index is 673. The second kappa shape index (κ2) is 8.73. The van der Waals surface area contributed by atoms with E-state index < -0.39 is 0 Å². The minimum atomic E-state index is 0.0751. The molecule has 3 rings (SSSR count). The van der Waals surface area contributed by atoms with Gasteiger partial charge in [0.2, 0.25) is 11.8 Å². The van der Waals surface area contributed by atoms with Gasteiger partial charge in [0.1, 0.15) is 0 Å². The van der Waals surface area contributed by atoms with Gasteiger partial charge < -0.3 is 9.84 Å². The summed E-state index contributed by atoms with van der Waals surface area (Å²) in [6.45, 7) is 7.21. The molecule has 0 radical (unpaired) electrons. The highest BCUT2D eigenvalue weighted by atomic mass is 16.5. The third-order valence-corrected chi connectivity index (χ3v) is 4.32. The molecule has 0 atom stereocenters. The summed E-state index contributed by atoms with van der Waals surface area (Å²) in [7, 11) is 0. The van der Waals surface area contributed by atoms with E-state index in [1.807, 2.05) is 30.3 Å². The monoisotopic (exact) mass is 343 g/mol. The van der Waals surface area contributed by atoms with Crippen LogP contribution in [0, 0.1) is 6.92 Å². The Hall–Kier alpha value is -2.25. The number of aromatic nitrogens is 2. The number of hydrogen-bond donors (Lipinski definition) is 1. The predicted octanol–water partition coefficient (Wildman–Crippen LogP) is 1.20. The van der Waals surface area contributed by atoms with Crippen LogP contribution < -0.4 is 5.32 Å². The first-order chi connectivity index (χ1) is 12.2. The van der Waals surface area contributed by atoms with E-state index in [0.29, 0.717) is 25.5 Å². The van der Waals surface area contributed by atoms with Crippen molar-refractivity contribution in [1.29, 1.82) is 0 Å². The number of amides is 1. The largest absolute Gasteiger partial charge is 0.351 e. The number of carbonyl (C=O) groups excluding carboxylic acids is 1. The minimum Gasteiger partial charge on any atom is -0.351 e. The molecule has 2 heterocycles. The van der Waals surface area contributed by atoms with Crippen LogP contribution in [0.5, 0.6) is 0 Å². The van der Waals surface area contributed by atoms with Crippen molar-refractivity contribution in [3.8, 4) is 0 Å². The molecule has 0 bridgehead atoms. The molecular weight excluding hydrogens is 318 g/mol. The average molecular weight is 343 g/mol. The van der Waals surface area contributed by atoms with Gasteiger partial charge in [-0.15, -0.1) is 0 Å². The summed E-state index contributed by atoms with van der Waals surface area (Å²) in [6, 6.07) is 9.98. The van der Waals surface area contributed by atoms with Crippen LogP contribution in [0.3, 0.4) is 0 Å². The van der Waals surface area contributed by atoms with Crippen LogP contribution >= 0.6 is 0 Å². The third kappa shape index (κ3) is 5.65. The van der Waals surface area contributed by atoms with Crippen molar-refractivity contribution in [3.63, 3.8) is 0 Å². The standard InChI is InChI=1S/C18H25N5O2/c1-15-20-17(21-25-15)13-22-8-5-9-23(11-10-22)14-18(24)19-12-16-6-3-2-4-7-16/h2-4,6-7H,5,8-14H2,1H3,(H,19,24). The summed E-state index contributed by atoms with van der Waals surface area (Å²) in [6.07, 6.45) is 1.03. The third-order valence-electron chi connectivity index (χ3n) is 4.32. The van der Waals surface area contributed by atoms with Crippen LogP contribution in [0.1, 0.15) is 23.7 Å². The van der Waals surface area contributed by atoms with Crippen molar-refractivity contribution in [2.75, 3.05) is 32.7 Å². The summed E-state index contributed by atoms with van der Waals surface area (Å²) in [5.74, 6) is 1.40. The lowest BCUT2D eigenvalue weighted by Gasteiger charge is -2.20. The molecule has 0 aliphatic carbocycles. The van der Waals surface area contributed by atoms with E-state index in [4.69, 9.17) is 4.52 Å². The number of nitrogens with zero attached hydrogens (tertiary/aromatic N) is 4. The number of rotatable bonds is 6. The maximum absolute atomic E-state index is 12.2. The molecule has 1 N–H and O–H groups in total. The second-order valence-electron chi connectivity index (χ2n) is 6.40. The fraction of sp³-hybridized carbons (Fsp3) is 0.500. The minimum absolute atomic E-state index is 0.0751. The zero-order valence-electron chi connectivity index (χ0n) is 14.6. The summed E-state index contributed by atoms with van der Waals surface area (Å²) >= 11 is 0. The van der Waals surface area contributed by atoms with E-state index in [2.05, 4.69) is 25.3 Å². The fourth-order valence-corrected chi connectivity index (χ4v) is 3.00. The van der Waals surface area contributed by atoms with Gasteiger partial charge in [-0.2, -0.15) is 4.98 Å². The fourth-order valence-electron chi connectivity index (χ4n) is 3.00. The molecule has 1 aliphatic rings. The highest BCUT2D eigenvalue weighted by Crippen LogP contribution is 2.07. The Balaban J connectivity index is 1.41. The number of hydrogen-bond acceptors (Lipinski definition) is 6. The van der Waals surface area contributed by atoms with Gasteiger partial charge in [0.05, 0.1) is 13.1 Å². The molecule has 1 fully saturated rings. The summed E-state index contributed by atoms with van der Waals surface area (Å²) < 4.78 is 5.02. The Labute approximate surface area is 148 Å². The van der Waals surface area contributed by atoms with Crippen molar-refractivity contribution in [2.24, 2.45) is 0 Å². The molecule has 25 heavy (non-hydrogen) atoms. The van der Waals surface area contributed by atoms with E-state index in [0.717, 1.165) is 44.0 Å². The smallest absolute Gasteiger partial charge is 0.234 e. The van der Waals surface area contributed by atoms with Crippen molar-refractivity contribution in [3.05, 3.63) is 47.6 Å². The molecule has 1 saturated heterocycles. The summed E-state index contributed by atoms with van der Waals surface area (Å²) in [5, 5.41) is 6.95. The molecule has 2 aromatic rings. The van der Waals surface area contributed by atoms with E-state index in [-0.39, 0.29) is 5.91 Å². The van der Waals surface area contributed by atoms with Gasteiger partial charge in [-0.1, -0.05) is 35.5 Å². The van der Waals surface area contributed by atoms with E-state index in [1.165, 1.54) is 0 Å². The van der Waals surface area contributed by atoms with Crippen LogP contribution in [-0.4, -0.2) is 58.6 Å². The highest BCUT2D eigenvalue weighted by Gasteiger charge is 2.18. The summed E-state index contributed by atoms with van der Waals surface area (Å²) in [4.78, 5) is 21.0. The molecule has 1 aromatic carbocycles. The van der Waals surface area contributed by atoms with Crippen LogP contribution in [0.4, 0.5) is 0 Å². The van der Waals surface area contributed by atoms with Gasteiger partial charge in [-0.25, -0.2) is 0 Å². The molecule has 1 amide bonds. The van der Waals surface area contributed by atoms with Gasteiger partial charge in [0.25, 0.3) is 0 Å². The number of nitrogens with one attached hydrogen (secondary N) is 1. The number of aryl methyl sites for hydroxylation is 1. The molecule has 7 heteroatoms. The molecule has 1 aliphatic heterocycles. The Kier molecular flexibility index (Phi) is 6.14. The van der Waals surface area contributed by atoms with Gasteiger partial charge in [0, 0.05) is 26.6 Å². The first-order valence-corrected chi connectivity index (χ1v) is 8.73. The van der Waals surface area contributed by atoms with E-state index >= 15 is 0 Å².